The molecular formula is C11H13N3O2. The van der Waals surface area contributed by atoms with E-state index in [0.29, 0.717) is 5.56 Å². The van der Waals surface area contributed by atoms with Crippen molar-refractivity contribution in [2.75, 3.05) is 0 Å². The maximum atomic E-state index is 10.8. The number of hydrogen-bond donors (Lipinski definition) is 2. The van der Waals surface area contributed by atoms with E-state index in [9.17, 15) is 4.79 Å². The van der Waals surface area contributed by atoms with Crippen LogP contribution in [0.25, 0.3) is 11.0 Å². The Morgan fingerprint density at radius 2 is 2.25 bits per heavy atom. The first-order valence-electron chi connectivity index (χ1n) is 4.92. The summed E-state index contributed by atoms with van der Waals surface area (Å²) in [7, 11) is 1.92. The third-order valence-electron chi connectivity index (χ3n) is 2.75. The van der Waals surface area contributed by atoms with E-state index in [1.165, 1.54) is 0 Å². The number of carboxylic acid groups (broad SMARTS) is 1. The van der Waals surface area contributed by atoms with Gasteiger partial charge in [0.25, 0.3) is 0 Å². The zero-order chi connectivity index (χ0) is 11.9. The minimum atomic E-state index is -1.04. The fraction of sp³-hybridized carbons (Fsp3) is 0.273. The highest BCUT2D eigenvalue weighted by atomic mass is 16.4. The number of hydrogen-bond acceptors (Lipinski definition) is 3. The number of nitrogens with two attached hydrogens (primary N) is 1. The van der Waals surface area contributed by atoms with Gasteiger partial charge in [-0.15, -0.1) is 0 Å². The van der Waals surface area contributed by atoms with Gasteiger partial charge in [-0.25, -0.2) is 4.98 Å². The summed E-state index contributed by atoms with van der Waals surface area (Å²) in [6, 6.07) is 4.29. The molecule has 0 saturated heterocycles. The van der Waals surface area contributed by atoms with E-state index in [1.54, 1.807) is 12.1 Å². The number of benzene rings is 1. The average Bonchev–Trinajstić information content (AvgIpc) is 2.53. The number of rotatable bonds is 2. The van der Waals surface area contributed by atoms with Gasteiger partial charge < -0.3 is 15.4 Å². The molecule has 0 saturated carbocycles. The fourth-order valence-electron chi connectivity index (χ4n) is 1.67. The highest BCUT2D eigenvalue weighted by Crippen LogP contribution is 2.19. The van der Waals surface area contributed by atoms with Gasteiger partial charge in [-0.2, -0.15) is 0 Å². The SMILES string of the molecule is Cc1nc2cc(C(N)C(=O)O)ccc2n1C. The summed E-state index contributed by atoms with van der Waals surface area (Å²) >= 11 is 0. The molecule has 84 valence electrons. The number of nitrogens with zero attached hydrogens (tertiary/aromatic N) is 2. The lowest BCUT2D eigenvalue weighted by atomic mass is 10.1. The smallest absolute Gasteiger partial charge is 0.325 e. The molecule has 3 N–H and O–H groups in total. The molecule has 1 aromatic carbocycles. The van der Waals surface area contributed by atoms with E-state index in [4.69, 9.17) is 10.8 Å². The highest BCUT2D eigenvalue weighted by Gasteiger charge is 2.15. The number of aliphatic carboxylic acids is 1. The lowest BCUT2D eigenvalue weighted by Gasteiger charge is -2.06. The highest BCUT2D eigenvalue weighted by molar-refractivity contribution is 5.81. The van der Waals surface area contributed by atoms with Crippen molar-refractivity contribution < 1.29 is 9.90 Å². The zero-order valence-corrected chi connectivity index (χ0v) is 9.14. The number of aryl methyl sites for hydroxylation is 2. The summed E-state index contributed by atoms with van der Waals surface area (Å²) in [5, 5.41) is 8.82. The molecule has 0 bridgehead atoms. The molecule has 0 aliphatic heterocycles. The van der Waals surface area contributed by atoms with Crippen molar-refractivity contribution in [2.24, 2.45) is 12.8 Å². The second kappa shape index (κ2) is 3.61. The van der Waals surface area contributed by atoms with Crippen molar-refractivity contribution >= 4 is 17.0 Å². The lowest BCUT2D eigenvalue weighted by molar-refractivity contribution is -0.138. The molecule has 0 fully saturated rings. The molecule has 2 rings (SSSR count). The summed E-state index contributed by atoms with van der Waals surface area (Å²) in [6.07, 6.45) is 0. The molecule has 16 heavy (non-hydrogen) atoms. The van der Waals surface area contributed by atoms with Crippen LogP contribution in [-0.4, -0.2) is 20.6 Å². The second-order valence-corrected chi connectivity index (χ2v) is 3.78. The first-order chi connectivity index (χ1) is 7.50. The van der Waals surface area contributed by atoms with Gasteiger partial charge in [-0.1, -0.05) is 6.07 Å². The van der Waals surface area contributed by atoms with Crippen molar-refractivity contribution in [3.05, 3.63) is 29.6 Å². The molecule has 1 unspecified atom stereocenters. The maximum absolute atomic E-state index is 10.8. The molecule has 2 aromatic rings. The first-order valence-corrected chi connectivity index (χ1v) is 4.92. The second-order valence-electron chi connectivity index (χ2n) is 3.78. The minimum Gasteiger partial charge on any atom is -0.480 e. The van der Waals surface area contributed by atoms with Crippen LogP contribution in [0, 0.1) is 6.92 Å². The van der Waals surface area contributed by atoms with Crippen LogP contribution in [-0.2, 0) is 11.8 Å². The molecule has 0 radical (unpaired) electrons. The third kappa shape index (κ3) is 1.55. The molecule has 5 heteroatoms. The van der Waals surface area contributed by atoms with Crippen molar-refractivity contribution in [2.45, 2.75) is 13.0 Å². The number of fused-ring (bicyclic) bond motifs is 1. The van der Waals surface area contributed by atoms with Crippen molar-refractivity contribution in [3.8, 4) is 0 Å². The summed E-state index contributed by atoms with van der Waals surface area (Å²) in [6.45, 7) is 1.90. The average molecular weight is 219 g/mol. The Morgan fingerprint density at radius 1 is 1.56 bits per heavy atom. The minimum absolute atomic E-state index is 0.568. The Bertz CT molecular complexity index is 560. The van der Waals surface area contributed by atoms with E-state index in [1.807, 2.05) is 24.6 Å². The van der Waals surface area contributed by atoms with E-state index in [-0.39, 0.29) is 0 Å². The van der Waals surface area contributed by atoms with Gasteiger partial charge >= 0.3 is 5.97 Å². The van der Waals surface area contributed by atoms with Gasteiger partial charge in [-0.05, 0) is 24.6 Å². The van der Waals surface area contributed by atoms with E-state index < -0.39 is 12.0 Å². The molecule has 1 aromatic heterocycles. The molecule has 0 spiro atoms. The standard InChI is InChI=1S/C11H13N3O2/c1-6-13-8-5-7(10(12)11(15)16)3-4-9(8)14(6)2/h3-5,10H,12H2,1-2H3,(H,15,16). The van der Waals surface area contributed by atoms with Crippen LogP contribution in [0.4, 0.5) is 0 Å². The molecule has 1 atom stereocenters. The van der Waals surface area contributed by atoms with Gasteiger partial charge in [0.15, 0.2) is 0 Å². The Hall–Kier alpha value is -1.88. The van der Waals surface area contributed by atoms with Gasteiger partial charge in [0.2, 0.25) is 0 Å². The van der Waals surface area contributed by atoms with Crippen LogP contribution in [0.1, 0.15) is 17.4 Å². The largest absolute Gasteiger partial charge is 0.480 e. The number of imidazole rings is 1. The van der Waals surface area contributed by atoms with Crippen LogP contribution in [0.5, 0.6) is 0 Å². The first kappa shape index (κ1) is 10.6. The molecular weight excluding hydrogens is 206 g/mol. The monoisotopic (exact) mass is 219 g/mol. The Labute approximate surface area is 92.5 Å². The van der Waals surface area contributed by atoms with Crippen LogP contribution in [0.2, 0.25) is 0 Å². The van der Waals surface area contributed by atoms with Crippen LogP contribution >= 0.6 is 0 Å². The van der Waals surface area contributed by atoms with E-state index in [2.05, 4.69) is 4.98 Å². The van der Waals surface area contributed by atoms with Crippen LogP contribution in [0.15, 0.2) is 18.2 Å². The Morgan fingerprint density at radius 3 is 2.88 bits per heavy atom. The normalized spacial score (nSPS) is 12.9. The molecule has 0 aliphatic carbocycles. The summed E-state index contributed by atoms with van der Waals surface area (Å²) in [5.41, 5.74) is 7.85. The molecule has 1 heterocycles. The Kier molecular flexibility index (Phi) is 2.40. The van der Waals surface area contributed by atoms with Crippen LogP contribution < -0.4 is 5.73 Å². The predicted molar refractivity (Wildman–Crippen MR) is 60.0 cm³/mol. The third-order valence-corrected chi connectivity index (χ3v) is 2.75. The predicted octanol–water partition coefficient (Wildman–Crippen LogP) is 0.966. The quantitative estimate of drug-likeness (QED) is 0.788. The summed E-state index contributed by atoms with van der Waals surface area (Å²) in [4.78, 5) is 15.1. The number of carboxylic acids is 1. The Balaban J connectivity index is 2.56. The van der Waals surface area contributed by atoms with Crippen molar-refractivity contribution in [3.63, 3.8) is 0 Å². The van der Waals surface area contributed by atoms with Gasteiger partial charge in [0.1, 0.15) is 11.9 Å². The number of carbonyl (C=O) groups is 1. The van der Waals surface area contributed by atoms with Gasteiger partial charge in [0.05, 0.1) is 11.0 Å². The van der Waals surface area contributed by atoms with Gasteiger partial charge in [-0.3, -0.25) is 4.79 Å². The van der Waals surface area contributed by atoms with Gasteiger partial charge in [0, 0.05) is 7.05 Å². The summed E-state index contributed by atoms with van der Waals surface area (Å²) < 4.78 is 1.95. The zero-order valence-electron chi connectivity index (χ0n) is 9.14. The topological polar surface area (TPSA) is 81.1 Å². The van der Waals surface area contributed by atoms with E-state index >= 15 is 0 Å². The molecule has 0 amide bonds. The summed E-state index contributed by atoms with van der Waals surface area (Å²) in [5.74, 6) is -0.150. The molecule has 0 aliphatic rings. The van der Waals surface area contributed by atoms with Crippen LogP contribution in [0.3, 0.4) is 0 Å². The van der Waals surface area contributed by atoms with E-state index in [0.717, 1.165) is 16.9 Å². The molecule has 5 nitrogen and oxygen atoms in total. The maximum Gasteiger partial charge on any atom is 0.325 e. The number of aromatic nitrogens is 2. The lowest BCUT2D eigenvalue weighted by Crippen LogP contribution is -2.20. The van der Waals surface area contributed by atoms with Crippen molar-refractivity contribution in [1.29, 1.82) is 0 Å². The van der Waals surface area contributed by atoms with Crippen molar-refractivity contribution in [1.82, 2.24) is 9.55 Å². The fourth-order valence-corrected chi connectivity index (χ4v) is 1.67.